The van der Waals surface area contributed by atoms with Crippen molar-refractivity contribution in [3.63, 3.8) is 0 Å². The number of halogens is 2. The van der Waals surface area contributed by atoms with E-state index in [9.17, 15) is 14.0 Å². The van der Waals surface area contributed by atoms with E-state index in [-0.39, 0.29) is 17.3 Å². The Morgan fingerprint density at radius 3 is 2.70 bits per heavy atom. The van der Waals surface area contributed by atoms with Crippen LogP contribution in [0.1, 0.15) is 4.88 Å². The molecule has 0 aliphatic carbocycles. The molecule has 4 nitrogen and oxygen atoms in total. The average molecular weight is 313 g/mol. The molecule has 0 aliphatic rings. The van der Waals surface area contributed by atoms with Gasteiger partial charge < -0.3 is 10.6 Å². The Balaban J connectivity index is 1.90. The van der Waals surface area contributed by atoms with Crippen LogP contribution in [0, 0.1) is 5.82 Å². The number of thiophene rings is 1. The molecular formula is C13H10ClFN2O2S. The summed E-state index contributed by atoms with van der Waals surface area (Å²) in [5.41, 5.74) is 0.257. The summed E-state index contributed by atoms with van der Waals surface area (Å²) in [6.07, 6.45) is 0. The molecular weight excluding hydrogens is 303 g/mol. The number of amides is 2. The lowest BCUT2D eigenvalue weighted by Gasteiger charge is -2.06. The Bertz CT molecular complexity index is 631. The van der Waals surface area contributed by atoms with Crippen molar-refractivity contribution in [2.24, 2.45) is 0 Å². The molecule has 2 rings (SSSR count). The van der Waals surface area contributed by atoms with E-state index in [4.69, 9.17) is 11.6 Å². The van der Waals surface area contributed by atoms with Crippen molar-refractivity contribution in [3.8, 4) is 0 Å². The van der Waals surface area contributed by atoms with E-state index in [0.29, 0.717) is 0 Å². The van der Waals surface area contributed by atoms with E-state index in [0.717, 1.165) is 10.9 Å². The van der Waals surface area contributed by atoms with Gasteiger partial charge in [-0.2, -0.15) is 0 Å². The molecule has 2 N–H and O–H groups in total. The van der Waals surface area contributed by atoms with Crippen molar-refractivity contribution in [2.75, 3.05) is 5.32 Å². The van der Waals surface area contributed by atoms with Crippen LogP contribution in [0.2, 0.25) is 5.02 Å². The molecule has 0 bridgehead atoms. The number of carbonyl (C=O) groups is 2. The molecule has 20 heavy (non-hydrogen) atoms. The van der Waals surface area contributed by atoms with E-state index >= 15 is 0 Å². The molecule has 0 unspecified atom stereocenters. The first-order valence-electron chi connectivity index (χ1n) is 5.63. The third kappa shape index (κ3) is 3.79. The number of anilines is 1. The summed E-state index contributed by atoms with van der Waals surface area (Å²) in [5, 5.41) is 6.58. The minimum absolute atomic E-state index is 0.123. The zero-order valence-electron chi connectivity index (χ0n) is 10.2. The quantitative estimate of drug-likeness (QED) is 0.856. The van der Waals surface area contributed by atoms with E-state index < -0.39 is 17.6 Å². The van der Waals surface area contributed by atoms with Gasteiger partial charge in [-0.15, -0.1) is 11.3 Å². The monoisotopic (exact) mass is 312 g/mol. The first-order chi connectivity index (χ1) is 9.56. The van der Waals surface area contributed by atoms with Crippen molar-refractivity contribution in [3.05, 3.63) is 51.4 Å². The largest absolute Gasteiger partial charge is 0.343 e. The van der Waals surface area contributed by atoms with Crippen LogP contribution in [-0.2, 0) is 16.1 Å². The maximum atomic E-state index is 12.9. The molecule has 0 aliphatic heterocycles. The second-order valence-electron chi connectivity index (χ2n) is 3.85. The molecule has 0 atom stereocenters. The Morgan fingerprint density at radius 1 is 1.25 bits per heavy atom. The lowest BCUT2D eigenvalue weighted by molar-refractivity contribution is -0.136. The summed E-state index contributed by atoms with van der Waals surface area (Å²) in [5.74, 6) is -2.19. The van der Waals surface area contributed by atoms with Crippen LogP contribution in [0.3, 0.4) is 0 Å². The van der Waals surface area contributed by atoms with Crippen molar-refractivity contribution in [2.45, 2.75) is 6.54 Å². The molecule has 1 heterocycles. The molecule has 0 saturated carbocycles. The SMILES string of the molecule is O=C(NCc1cccs1)C(=O)Nc1ccc(F)c(Cl)c1. The molecule has 104 valence electrons. The summed E-state index contributed by atoms with van der Waals surface area (Å²) in [6, 6.07) is 7.38. The van der Waals surface area contributed by atoms with Crippen LogP contribution >= 0.6 is 22.9 Å². The molecule has 2 amide bonds. The van der Waals surface area contributed by atoms with Gasteiger partial charge >= 0.3 is 11.8 Å². The molecule has 1 aromatic heterocycles. The molecule has 0 spiro atoms. The Kier molecular flexibility index (Phi) is 4.70. The maximum absolute atomic E-state index is 12.9. The van der Waals surface area contributed by atoms with Crippen LogP contribution < -0.4 is 10.6 Å². The lowest BCUT2D eigenvalue weighted by Crippen LogP contribution is -2.34. The van der Waals surface area contributed by atoms with Gasteiger partial charge in [0.15, 0.2) is 0 Å². The summed E-state index contributed by atoms with van der Waals surface area (Å²) in [7, 11) is 0. The number of rotatable bonds is 3. The van der Waals surface area contributed by atoms with E-state index in [2.05, 4.69) is 10.6 Å². The van der Waals surface area contributed by atoms with E-state index in [1.807, 2.05) is 17.5 Å². The van der Waals surface area contributed by atoms with Crippen LogP contribution in [0.5, 0.6) is 0 Å². The Hall–Kier alpha value is -1.92. The van der Waals surface area contributed by atoms with Gasteiger partial charge in [0.05, 0.1) is 11.6 Å². The standard InChI is InChI=1S/C13H10ClFN2O2S/c14-10-6-8(3-4-11(10)15)17-13(19)12(18)16-7-9-2-1-5-20-9/h1-6H,7H2,(H,16,18)(H,17,19). The van der Waals surface area contributed by atoms with Crippen LogP contribution in [0.15, 0.2) is 35.7 Å². The molecule has 0 saturated heterocycles. The van der Waals surface area contributed by atoms with Crippen LogP contribution in [-0.4, -0.2) is 11.8 Å². The summed E-state index contributed by atoms with van der Waals surface area (Å²) < 4.78 is 12.9. The lowest BCUT2D eigenvalue weighted by atomic mass is 10.3. The average Bonchev–Trinajstić information content (AvgIpc) is 2.93. The van der Waals surface area contributed by atoms with Gasteiger partial charge in [0, 0.05) is 10.6 Å². The van der Waals surface area contributed by atoms with Crippen LogP contribution in [0.4, 0.5) is 10.1 Å². The van der Waals surface area contributed by atoms with Gasteiger partial charge in [0.1, 0.15) is 5.82 Å². The zero-order valence-corrected chi connectivity index (χ0v) is 11.7. The van der Waals surface area contributed by atoms with Crippen molar-refractivity contribution >= 4 is 40.4 Å². The summed E-state index contributed by atoms with van der Waals surface area (Å²) in [6.45, 7) is 0.286. The third-order valence-electron chi connectivity index (χ3n) is 2.39. The zero-order chi connectivity index (χ0) is 14.5. The fourth-order valence-electron chi connectivity index (χ4n) is 1.42. The van der Waals surface area contributed by atoms with Crippen molar-refractivity contribution in [1.29, 1.82) is 0 Å². The smallest absolute Gasteiger partial charge is 0.313 e. The topological polar surface area (TPSA) is 58.2 Å². The third-order valence-corrected chi connectivity index (χ3v) is 3.55. The minimum Gasteiger partial charge on any atom is -0.343 e. The van der Waals surface area contributed by atoms with E-state index in [1.165, 1.54) is 23.5 Å². The number of carbonyl (C=O) groups excluding carboxylic acids is 2. The van der Waals surface area contributed by atoms with Crippen molar-refractivity contribution < 1.29 is 14.0 Å². The summed E-state index contributed by atoms with van der Waals surface area (Å²) in [4.78, 5) is 24.1. The normalized spacial score (nSPS) is 10.1. The van der Waals surface area contributed by atoms with Crippen LogP contribution in [0.25, 0.3) is 0 Å². The second-order valence-corrected chi connectivity index (χ2v) is 5.28. The van der Waals surface area contributed by atoms with Gasteiger partial charge in [0.25, 0.3) is 0 Å². The van der Waals surface area contributed by atoms with Gasteiger partial charge in [-0.1, -0.05) is 17.7 Å². The van der Waals surface area contributed by atoms with Gasteiger partial charge in [-0.05, 0) is 29.6 Å². The summed E-state index contributed by atoms with van der Waals surface area (Å²) >= 11 is 7.06. The van der Waals surface area contributed by atoms with Gasteiger partial charge in [-0.25, -0.2) is 4.39 Å². The predicted molar refractivity (Wildman–Crippen MR) is 76.2 cm³/mol. The highest BCUT2D eigenvalue weighted by Crippen LogP contribution is 2.19. The number of hydrogen-bond donors (Lipinski definition) is 2. The van der Waals surface area contributed by atoms with Gasteiger partial charge in [0.2, 0.25) is 0 Å². The molecule has 0 fully saturated rings. The fourth-order valence-corrected chi connectivity index (χ4v) is 2.25. The highest BCUT2D eigenvalue weighted by Gasteiger charge is 2.14. The highest BCUT2D eigenvalue weighted by molar-refractivity contribution is 7.09. The highest BCUT2D eigenvalue weighted by atomic mass is 35.5. The maximum Gasteiger partial charge on any atom is 0.313 e. The number of hydrogen-bond acceptors (Lipinski definition) is 3. The minimum atomic E-state index is -0.829. The molecule has 1 aromatic carbocycles. The number of benzene rings is 1. The molecule has 0 radical (unpaired) electrons. The fraction of sp³-hybridized carbons (Fsp3) is 0.0769. The second kappa shape index (κ2) is 6.49. The van der Waals surface area contributed by atoms with E-state index in [1.54, 1.807) is 0 Å². The molecule has 2 aromatic rings. The van der Waals surface area contributed by atoms with Crippen molar-refractivity contribution in [1.82, 2.24) is 5.32 Å². The van der Waals surface area contributed by atoms with Gasteiger partial charge in [-0.3, -0.25) is 9.59 Å². The predicted octanol–water partition coefficient (Wildman–Crippen LogP) is 2.80. The number of nitrogens with one attached hydrogen (secondary N) is 2. The first kappa shape index (κ1) is 14.5. The molecule has 7 heteroatoms. The Morgan fingerprint density at radius 2 is 2.05 bits per heavy atom. The first-order valence-corrected chi connectivity index (χ1v) is 6.88. The Labute approximate surface area is 123 Å².